The molecule has 3 heterocycles. The van der Waals surface area contributed by atoms with E-state index in [-0.39, 0.29) is 0 Å². The maximum Gasteiger partial charge on any atom is 0.0870 e. The molecule has 2 aliphatic rings. The van der Waals surface area contributed by atoms with Crippen LogP contribution < -0.4 is 0 Å². The number of piperidine rings is 1. The summed E-state index contributed by atoms with van der Waals surface area (Å²) in [5.41, 5.74) is 1.59. The van der Waals surface area contributed by atoms with Crippen molar-refractivity contribution in [1.82, 2.24) is 14.7 Å². The number of para-hydroxylation sites is 1. The quantitative estimate of drug-likeness (QED) is 0.919. The van der Waals surface area contributed by atoms with Crippen LogP contribution in [-0.4, -0.2) is 44.5 Å². The van der Waals surface area contributed by atoms with Crippen LogP contribution in [0.5, 0.6) is 0 Å². The van der Waals surface area contributed by atoms with E-state index in [2.05, 4.69) is 28.2 Å². The molecule has 21 heavy (non-hydrogen) atoms. The summed E-state index contributed by atoms with van der Waals surface area (Å²) < 4.78 is 1.93. The van der Waals surface area contributed by atoms with Crippen LogP contribution in [0.25, 0.3) is 10.9 Å². The highest BCUT2D eigenvalue weighted by Crippen LogP contribution is 2.38. The number of benzene rings is 1. The summed E-state index contributed by atoms with van der Waals surface area (Å²) in [6, 6.07) is 8.64. The summed E-state index contributed by atoms with van der Waals surface area (Å²) in [5.74, 6) is 0. The highest BCUT2D eigenvalue weighted by Gasteiger charge is 2.47. The van der Waals surface area contributed by atoms with Crippen LogP contribution in [0.15, 0.2) is 24.3 Å². The van der Waals surface area contributed by atoms with Gasteiger partial charge in [-0.1, -0.05) is 24.6 Å². The van der Waals surface area contributed by atoms with Gasteiger partial charge in [-0.05, 0) is 31.9 Å². The molecule has 4 heteroatoms. The van der Waals surface area contributed by atoms with Gasteiger partial charge in [0.2, 0.25) is 0 Å². The van der Waals surface area contributed by atoms with Gasteiger partial charge in [0.05, 0.1) is 16.8 Å². The molecule has 0 spiro atoms. The largest absolute Gasteiger partial charge is 0.388 e. The number of hydrogen-bond donors (Lipinski definition) is 1. The molecular weight excluding hydrogens is 262 g/mol. The Morgan fingerprint density at radius 1 is 1.29 bits per heavy atom. The minimum atomic E-state index is -0.600. The van der Waals surface area contributed by atoms with E-state index in [1.165, 1.54) is 18.2 Å². The van der Waals surface area contributed by atoms with Crippen LogP contribution in [0.2, 0.25) is 0 Å². The van der Waals surface area contributed by atoms with Crippen molar-refractivity contribution in [2.45, 2.75) is 43.7 Å². The summed E-state index contributed by atoms with van der Waals surface area (Å²) in [6.07, 6.45) is 5.20. The molecule has 0 amide bonds. The van der Waals surface area contributed by atoms with Crippen molar-refractivity contribution in [2.75, 3.05) is 13.1 Å². The Labute approximate surface area is 125 Å². The normalized spacial score (nSPS) is 29.9. The van der Waals surface area contributed by atoms with Gasteiger partial charge in [-0.15, -0.1) is 0 Å². The van der Waals surface area contributed by atoms with Crippen LogP contribution in [0.3, 0.4) is 0 Å². The van der Waals surface area contributed by atoms with Gasteiger partial charge in [-0.2, -0.15) is 5.10 Å². The monoisotopic (exact) mass is 285 g/mol. The van der Waals surface area contributed by atoms with E-state index in [0.29, 0.717) is 12.5 Å². The van der Waals surface area contributed by atoms with Crippen molar-refractivity contribution in [3.8, 4) is 0 Å². The third kappa shape index (κ3) is 2.09. The minimum Gasteiger partial charge on any atom is -0.388 e. The third-order valence-corrected chi connectivity index (χ3v) is 5.37. The van der Waals surface area contributed by atoms with Crippen LogP contribution in [0.4, 0.5) is 0 Å². The molecule has 0 aliphatic carbocycles. The Balaban J connectivity index is 1.68. The van der Waals surface area contributed by atoms with Gasteiger partial charge in [-0.25, -0.2) is 0 Å². The van der Waals surface area contributed by atoms with E-state index in [4.69, 9.17) is 0 Å². The van der Waals surface area contributed by atoms with E-state index in [1.807, 2.05) is 17.8 Å². The van der Waals surface area contributed by atoms with Gasteiger partial charge in [0, 0.05) is 31.4 Å². The smallest absolute Gasteiger partial charge is 0.0870 e. The zero-order valence-electron chi connectivity index (χ0n) is 12.6. The van der Waals surface area contributed by atoms with Gasteiger partial charge < -0.3 is 5.11 Å². The number of nitrogens with zero attached hydrogens (tertiary/aromatic N) is 3. The number of rotatable bonds is 2. The fourth-order valence-corrected chi connectivity index (χ4v) is 4.29. The maximum absolute atomic E-state index is 11.2. The average Bonchev–Trinajstić information content (AvgIpc) is 3.00. The molecule has 1 aromatic heterocycles. The second kappa shape index (κ2) is 4.82. The molecule has 2 atom stereocenters. The molecule has 0 bridgehead atoms. The van der Waals surface area contributed by atoms with Gasteiger partial charge >= 0.3 is 0 Å². The fraction of sp³-hybridized carbons (Fsp3) is 0.588. The zero-order valence-corrected chi connectivity index (χ0v) is 12.6. The number of aliphatic hydroxyl groups is 1. The maximum atomic E-state index is 11.2. The van der Waals surface area contributed by atoms with Crippen molar-refractivity contribution >= 4 is 10.9 Å². The lowest BCUT2D eigenvalue weighted by molar-refractivity contribution is -0.00941. The van der Waals surface area contributed by atoms with Crippen LogP contribution in [0.1, 0.15) is 31.4 Å². The van der Waals surface area contributed by atoms with Crippen molar-refractivity contribution in [1.29, 1.82) is 0 Å². The van der Waals surface area contributed by atoms with E-state index >= 15 is 0 Å². The number of aryl methyl sites for hydroxylation is 1. The molecule has 2 aromatic rings. The molecule has 4 nitrogen and oxygen atoms in total. The van der Waals surface area contributed by atoms with Crippen LogP contribution in [0, 0.1) is 0 Å². The second-order valence-corrected chi connectivity index (χ2v) is 6.67. The van der Waals surface area contributed by atoms with Crippen LogP contribution >= 0.6 is 0 Å². The van der Waals surface area contributed by atoms with E-state index in [1.54, 1.807) is 0 Å². The lowest BCUT2D eigenvalue weighted by atomic mass is 9.84. The summed E-state index contributed by atoms with van der Waals surface area (Å²) in [4.78, 5) is 2.48. The highest BCUT2D eigenvalue weighted by atomic mass is 16.3. The number of fused-ring (bicyclic) bond motifs is 2. The first-order chi connectivity index (χ1) is 10.2. The zero-order chi connectivity index (χ0) is 14.4. The van der Waals surface area contributed by atoms with Gasteiger partial charge in [0.25, 0.3) is 0 Å². The Hall–Kier alpha value is -1.39. The third-order valence-electron chi connectivity index (χ3n) is 5.37. The van der Waals surface area contributed by atoms with Gasteiger partial charge in [0.15, 0.2) is 0 Å². The standard InChI is InChI=1S/C17H23N3O/c1-19-15-7-3-2-6-13(15)14(18-19)12-17(21)9-11-20-10-5-4-8-16(17)20/h2-3,6-7,16,21H,4-5,8-12H2,1H3. The van der Waals surface area contributed by atoms with E-state index < -0.39 is 5.60 Å². The number of aromatic nitrogens is 2. The molecular formula is C17H23N3O. The molecule has 0 radical (unpaired) electrons. The first-order valence-electron chi connectivity index (χ1n) is 8.04. The molecule has 2 unspecified atom stereocenters. The summed E-state index contributed by atoms with van der Waals surface area (Å²) >= 11 is 0. The average molecular weight is 285 g/mol. The molecule has 4 rings (SSSR count). The molecule has 2 saturated heterocycles. The summed E-state index contributed by atoms with van der Waals surface area (Å²) in [7, 11) is 1.98. The highest BCUT2D eigenvalue weighted by molar-refractivity contribution is 5.82. The van der Waals surface area contributed by atoms with Crippen molar-refractivity contribution in [2.24, 2.45) is 7.05 Å². The minimum absolute atomic E-state index is 0.326. The van der Waals surface area contributed by atoms with Gasteiger partial charge in [0.1, 0.15) is 0 Å². The van der Waals surface area contributed by atoms with E-state index in [0.717, 1.165) is 37.1 Å². The molecule has 2 aliphatic heterocycles. The molecule has 0 saturated carbocycles. The molecule has 112 valence electrons. The SMILES string of the molecule is Cn1nc(CC2(O)CCN3CCCCC32)c2ccccc21. The van der Waals surface area contributed by atoms with E-state index in [9.17, 15) is 5.11 Å². The van der Waals surface area contributed by atoms with Crippen molar-refractivity contribution in [3.05, 3.63) is 30.0 Å². The second-order valence-electron chi connectivity index (χ2n) is 6.67. The lowest BCUT2D eigenvalue weighted by Gasteiger charge is -2.37. The van der Waals surface area contributed by atoms with Gasteiger partial charge in [-0.3, -0.25) is 9.58 Å². The number of hydrogen-bond acceptors (Lipinski definition) is 3. The Morgan fingerprint density at radius 2 is 2.14 bits per heavy atom. The Bertz CT molecular complexity index is 665. The Morgan fingerprint density at radius 3 is 3.05 bits per heavy atom. The van der Waals surface area contributed by atoms with Crippen molar-refractivity contribution < 1.29 is 5.11 Å². The first-order valence-corrected chi connectivity index (χ1v) is 8.04. The predicted molar refractivity (Wildman–Crippen MR) is 83.2 cm³/mol. The first kappa shape index (κ1) is 13.3. The molecule has 1 aromatic carbocycles. The van der Waals surface area contributed by atoms with Crippen LogP contribution in [-0.2, 0) is 13.5 Å². The lowest BCUT2D eigenvalue weighted by Crippen LogP contribution is -2.48. The fourth-order valence-electron chi connectivity index (χ4n) is 4.29. The predicted octanol–water partition coefficient (Wildman–Crippen LogP) is 2.11. The summed E-state index contributed by atoms with van der Waals surface area (Å²) in [5, 5.41) is 17.1. The Kier molecular flexibility index (Phi) is 3.05. The molecule has 1 N–H and O–H groups in total. The molecule has 2 fully saturated rings. The van der Waals surface area contributed by atoms with Crippen molar-refractivity contribution in [3.63, 3.8) is 0 Å². The topological polar surface area (TPSA) is 41.3 Å². The summed E-state index contributed by atoms with van der Waals surface area (Å²) in [6.45, 7) is 2.18.